The van der Waals surface area contributed by atoms with Gasteiger partial charge >= 0.3 is 0 Å². The van der Waals surface area contributed by atoms with Crippen molar-refractivity contribution in [1.29, 1.82) is 0 Å². The zero-order valence-corrected chi connectivity index (χ0v) is 13.7. The number of rotatable bonds is 7. The summed E-state index contributed by atoms with van der Waals surface area (Å²) in [6, 6.07) is 12.7. The van der Waals surface area contributed by atoms with Gasteiger partial charge in [0, 0.05) is 23.5 Å². The fraction of sp³-hybridized carbons (Fsp3) is 0.278. The second kappa shape index (κ2) is 8.08. The van der Waals surface area contributed by atoms with E-state index in [4.69, 9.17) is 9.47 Å². The van der Waals surface area contributed by atoms with Crippen molar-refractivity contribution in [2.75, 3.05) is 31.4 Å². The van der Waals surface area contributed by atoms with Crippen LogP contribution in [0, 0.1) is 0 Å². The number of methoxy groups -OCH3 is 2. The predicted octanol–water partition coefficient (Wildman–Crippen LogP) is 3.78. The molecule has 0 aliphatic rings. The molecule has 0 aromatic heterocycles. The van der Waals surface area contributed by atoms with Gasteiger partial charge in [0.2, 0.25) is 0 Å². The third-order valence-electron chi connectivity index (χ3n) is 3.37. The summed E-state index contributed by atoms with van der Waals surface area (Å²) in [6.45, 7) is 3.04. The minimum absolute atomic E-state index is 0.194. The molecule has 0 saturated heterocycles. The third-order valence-corrected chi connectivity index (χ3v) is 3.37. The molecule has 0 saturated carbocycles. The highest BCUT2D eigenvalue weighted by atomic mass is 16.5. The molecule has 0 heterocycles. The first-order chi connectivity index (χ1) is 11.2. The maximum atomic E-state index is 12.3. The van der Waals surface area contributed by atoms with E-state index < -0.39 is 0 Å². The summed E-state index contributed by atoms with van der Waals surface area (Å²) in [4.78, 5) is 12.3. The van der Waals surface area contributed by atoms with E-state index in [0.29, 0.717) is 17.1 Å². The minimum atomic E-state index is -0.194. The van der Waals surface area contributed by atoms with Crippen molar-refractivity contribution >= 4 is 17.3 Å². The Morgan fingerprint density at radius 3 is 2.22 bits per heavy atom. The molecule has 122 valence electrons. The number of benzene rings is 2. The average Bonchev–Trinajstić information content (AvgIpc) is 2.60. The summed E-state index contributed by atoms with van der Waals surface area (Å²) in [7, 11) is 3.10. The number of hydrogen-bond donors (Lipinski definition) is 2. The molecule has 0 bridgehead atoms. The molecule has 0 radical (unpaired) electrons. The van der Waals surface area contributed by atoms with E-state index in [0.717, 1.165) is 24.3 Å². The van der Waals surface area contributed by atoms with Gasteiger partial charge < -0.3 is 20.1 Å². The van der Waals surface area contributed by atoms with Crippen LogP contribution in [0.1, 0.15) is 23.7 Å². The van der Waals surface area contributed by atoms with E-state index in [1.54, 1.807) is 32.4 Å². The number of anilines is 2. The van der Waals surface area contributed by atoms with E-state index in [-0.39, 0.29) is 5.91 Å². The maximum absolute atomic E-state index is 12.3. The molecule has 0 atom stereocenters. The molecule has 1 amide bonds. The molecule has 2 N–H and O–H groups in total. The second-order valence-corrected chi connectivity index (χ2v) is 5.03. The van der Waals surface area contributed by atoms with Gasteiger partial charge in [-0.05, 0) is 48.9 Å². The molecule has 2 rings (SSSR count). The molecule has 0 aliphatic carbocycles. The SMILES string of the molecule is CCCNc1ccc(NC(=O)c2ccc(OC)c(OC)c2)cc1. The molecule has 2 aromatic carbocycles. The van der Waals surface area contributed by atoms with Crippen molar-refractivity contribution in [3.05, 3.63) is 48.0 Å². The minimum Gasteiger partial charge on any atom is -0.493 e. The topological polar surface area (TPSA) is 59.6 Å². The van der Waals surface area contributed by atoms with Crippen molar-refractivity contribution in [3.63, 3.8) is 0 Å². The van der Waals surface area contributed by atoms with Crippen LogP contribution in [0.3, 0.4) is 0 Å². The zero-order valence-electron chi connectivity index (χ0n) is 13.7. The van der Waals surface area contributed by atoms with Gasteiger partial charge in [-0.25, -0.2) is 0 Å². The van der Waals surface area contributed by atoms with Gasteiger partial charge in [0.05, 0.1) is 14.2 Å². The van der Waals surface area contributed by atoms with Crippen molar-refractivity contribution < 1.29 is 14.3 Å². The number of amides is 1. The number of nitrogens with one attached hydrogen (secondary N) is 2. The lowest BCUT2D eigenvalue weighted by molar-refractivity contribution is 0.102. The Labute approximate surface area is 136 Å². The lowest BCUT2D eigenvalue weighted by Crippen LogP contribution is -2.12. The van der Waals surface area contributed by atoms with Crippen LogP contribution < -0.4 is 20.1 Å². The summed E-state index contributed by atoms with van der Waals surface area (Å²) in [5.41, 5.74) is 2.29. The van der Waals surface area contributed by atoms with Crippen LogP contribution in [0.4, 0.5) is 11.4 Å². The van der Waals surface area contributed by atoms with Gasteiger partial charge in [0.25, 0.3) is 5.91 Å². The van der Waals surface area contributed by atoms with Crippen LogP contribution in [0.5, 0.6) is 11.5 Å². The zero-order chi connectivity index (χ0) is 16.7. The fourth-order valence-corrected chi connectivity index (χ4v) is 2.12. The predicted molar refractivity (Wildman–Crippen MR) is 92.7 cm³/mol. The molecular formula is C18H22N2O3. The smallest absolute Gasteiger partial charge is 0.255 e. The standard InChI is InChI=1S/C18H22N2O3/c1-4-11-19-14-6-8-15(9-7-14)20-18(21)13-5-10-16(22-2)17(12-13)23-3/h5-10,12,19H,4,11H2,1-3H3,(H,20,21). The summed E-state index contributed by atoms with van der Waals surface area (Å²) in [5, 5.41) is 6.16. The van der Waals surface area contributed by atoms with E-state index in [9.17, 15) is 4.79 Å². The summed E-state index contributed by atoms with van der Waals surface area (Å²) >= 11 is 0. The van der Waals surface area contributed by atoms with Crippen LogP contribution in [0.2, 0.25) is 0 Å². The first kappa shape index (κ1) is 16.7. The maximum Gasteiger partial charge on any atom is 0.255 e. The lowest BCUT2D eigenvalue weighted by atomic mass is 10.1. The van der Waals surface area contributed by atoms with Crippen LogP contribution >= 0.6 is 0 Å². The Balaban J connectivity index is 2.06. The lowest BCUT2D eigenvalue weighted by Gasteiger charge is -2.10. The molecule has 0 aliphatic heterocycles. The van der Waals surface area contributed by atoms with Gasteiger partial charge in [0.15, 0.2) is 11.5 Å². The van der Waals surface area contributed by atoms with Crippen LogP contribution in [0.15, 0.2) is 42.5 Å². The van der Waals surface area contributed by atoms with Crippen molar-refractivity contribution in [1.82, 2.24) is 0 Å². The normalized spacial score (nSPS) is 10.0. The summed E-state index contributed by atoms with van der Waals surface area (Å²) < 4.78 is 10.4. The average molecular weight is 314 g/mol. The molecule has 2 aromatic rings. The second-order valence-electron chi connectivity index (χ2n) is 5.03. The number of carbonyl (C=O) groups excluding carboxylic acids is 1. The van der Waals surface area contributed by atoms with Gasteiger partial charge in [-0.3, -0.25) is 4.79 Å². The van der Waals surface area contributed by atoms with Crippen molar-refractivity contribution in [3.8, 4) is 11.5 Å². The Kier molecular flexibility index (Phi) is 5.86. The van der Waals surface area contributed by atoms with Gasteiger partial charge in [-0.1, -0.05) is 6.92 Å². The monoisotopic (exact) mass is 314 g/mol. The molecular weight excluding hydrogens is 292 g/mol. The van der Waals surface area contributed by atoms with Gasteiger partial charge in [0.1, 0.15) is 0 Å². The third kappa shape index (κ3) is 4.39. The van der Waals surface area contributed by atoms with E-state index in [1.165, 1.54) is 0 Å². The van der Waals surface area contributed by atoms with Gasteiger partial charge in [-0.15, -0.1) is 0 Å². The van der Waals surface area contributed by atoms with E-state index in [2.05, 4.69) is 17.6 Å². The highest BCUT2D eigenvalue weighted by Gasteiger charge is 2.11. The molecule has 5 heteroatoms. The number of carbonyl (C=O) groups is 1. The quantitative estimate of drug-likeness (QED) is 0.816. The number of hydrogen-bond acceptors (Lipinski definition) is 4. The first-order valence-corrected chi connectivity index (χ1v) is 7.55. The first-order valence-electron chi connectivity index (χ1n) is 7.55. The van der Waals surface area contributed by atoms with E-state index in [1.807, 2.05) is 24.3 Å². The summed E-state index contributed by atoms with van der Waals surface area (Å²) in [5.74, 6) is 0.926. The Morgan fingerprint density at radius 2 is 1.61 bits per heavy atom. The van der Waals surface area contributed by atoms with Crippen LogP contribution in [-0.4, -0.2) is 26.7 Å². The Bertz CT molecular complexity index is 654. The Hall–Kier alpha value is -2.69. The molecule has 23 heavy (non-hydrogen) atoms. The molecule has 0 spiro atoms. The molecule has 5 nitrogen and oxygen atoms in total. The summed E-state index contributed by atoms with van der Waals surface area (Å²) in [6.07, 6.45) is 1.07. The van der Waals surface area contributed by atoms with E-state index >= 15 is 0 Å². The largest absolute Gasteiger partial charge is 0.493 e. The van der Waals surface area contributed by atoms with Crippen LogP contribution in [-0.2, 0) is 0 Å². The Morgan fingerprint density at radius 1 is 0.957 bits per heavy atom. The highest BCUT2D eigenvalue weighted by Crippen LogP contribution is 2.28. The molecule has 0 fully saturated rings. The fourth-order valence-electron chi connectivity index (χ4n) is 2.12. The number of ether oxygens (including phenoxy) is 2. The van der Waals surface area contributed by atoms with Gasteiger partial charge in [-0.2, -0.15) is 0 Å². The van der Waals surface area contributed by atoms with Crippen molar-refractivity contribution in [2.45, 2.75) is 13.3 Å². The highest BCUT2D eigenvalue weighted by molar-refractivity contribution is 6.04. The van der Waals surface area contributed by atoms with Crippen molar-refractivity contribution in [2.24, 2.45) is 0 Å². The molecule has 0 unspecified atom stereocenters. The van der Waals surface area contributed by atoms with Crippen LogP contribution in [0.25, 0.3) is 0 Å².